The summed E-state index contributed by atoms with van der Waals surface area (Å²) in [5.74, 6) is 1.14. The Kier molecular flexibility index (Phi) is 6.49. The van der Waals surface area contributed by atoms with Crippen LogP contribution in [-0.4, -0.2) is 61.5 Å². The number of nitrogens with zero attached hydrogens (tertiary/aromatic N) is 2. The highest BCUT2D eigenvalue weighted by molar-refractivity contribution is 5.78. The molecule has 0 spiro atoms. The van der Waals surface area contributed by atoms with Crippen LogP contribution in [0, 0.1) is 5.92 Å². The predicted octanol–water partition coefficient (Wildman–Crippen LogP) is 2.10. The van der Waals surface area contributed by atoms with E-state index in [1.165, 1.54) is 38.5 Å². The maximum Gasteiger partial charge on any atom is 0.236 e. The fourth-order valence-corrected chi connectivity index (χ4v) is 3.73. The van der Waals surface area contributed by atoms with Crippen molar-refractivity contribution in [3.8, 4) is 0 Å². The molecule has 0 aromatic rings. The average Bonchev–Trinajstić information content (AvgIpc) is 2.76. The quantitative estimate of drug-likeness (QED) is 0.863. The lowest BCUT2D eigenvalue weighted by atomic mass is 9.87. The van der Waals surface area contributed by atoms with Crippen LogP contribution in [0.3, 0.4) is 0 Å². The number of carbonyl (C=O) groups excluding carboxylic acids is 1. The number of carbonyl (C=O) groups is 1. The Hall–Kier alpha value is -0.610. The van der Waals surface area contributed by atoms with Gasteiger partial charge in [0, 0.05) is 19.1 Å². The molecule has 2 rings (SSSR count). The molecular weight excluding hydrogens is 262 g/mol. The first-order valence-corrected chi connectivity index (χ1v) is 8.74. The molecule has 1 aliphatic carbocycles. The van der Waals surface area contributed by atoms with Crippen LogP contribution in [0.25, 0.3) is 0 Å². The molecule has 1 atom stereocenters. The van der Waals surface area contributed by atoms with Gasteiger partial charge in [0.1, 0.15) is 0 Å². The van der Waals surface area contributed by atoms with Gasteiger partial charge in [-0.1, -0.05) is 6.92 Å². The molecule has 2 fully saturated rings. The Balaban J connectivity index is 1.79. The topological polar surface area (TPSA) is 35.6 Å². The summed E-state index contributed by atoms with van der Waals surface area (Å²) >= 11 is 0. The Morgan fingerprint density at radius 3 is 2.43 bits per heavy atom. The van der Waals surface area contributed by atoms with Crippen molar-refractivity contribution in [2.75, 3.05) is 33.7 Å². The van der Waals surface area contributed by atoms with Crippen LogP contribution in [-0.2, 0) is 4.79 Å². The van der Waals surface area contributed by atoms with Crippen molar-refractivity contribution in [3.63, 3.8) is 0 Å². The van der Waals surface area contributed by atoms with Gasteiger partial charge in [0.2, 0.25) is 5.91 Å². The summed E-state index contributed by atoms with van der Waals surface area (Å²) in [5, 5.41) is 3.44. The van der Waals surface area contributed by atoms with Crippen LogP contribution in [0.1, 0.15) is 51.9 Å². The van der Waals surface area contributed by atoms with Crippen LogP contribution < -0.4 is 5.32 Å². The molecule has 1 aliphatic heterocycles. The highest BCUT2D eigenvalue weighted by atomic mass is 16.2. The van der Waals surface area contributed by atoms with Gasteiger partial charge in [-0.15, -0.1) is 0 Å². The molecule has 0 radical (unpaired) electrons. The lowest BCUT2D eigenvalue weighted by molar-refractivity contribution is -0.134. The molecule has 122 valence electrons. The van der Waals surface area contributed by atoms with E-state index in [4.69, 9.17) is 0 Å². The van der Waals surface area contributed by atoms with Crippen molar-refractivity contribution in [2.24, 2.45) is 5.92 Å². The molecule has 1 N–H and O–H groups in total. The second kappa shape index (κ2) is 8.14. The van der Waals surface area contributed by atoms with E-state index in [2.05, 4.69) is 24.2 Å². The maximum absolute atomic E-state index is 12.5. The van der Waals surface area contributed by atoms with E-state index in [0.29, 0.717) is 24.5 Å². The minimum atomic E-state index is 0.300. The van der Waals surface area contributed by atoms with Crippen LogP contribution in [0.15, 0.2) is 0 Å². The number of amides is 1. The standard InChI is InChI=1S/C17H33N3O/c1-14-6-8-16(9-7-14)20(3)17(21)13-19(2)15-5-4-11-18-12-10-15/h14-16,18H,4-13H2,1-3H3. The van der Waals surface area contributed by atoms with Gasteiger partial charge in [-0.25, -0.2) is 0 Å². The van der Waals surface area contributed by atoms with E-state index in [-0.39, 0.29) is 0 Å². The van der Waals surface area contributed by atoms with E-state index >= 15 is 0 Å². The maximum atomic E-state index is 12.5. The lowest BCUT2D eigenvalue weighted by Gasteiger charge is -2.35. The van der Waals surface area contributed by atoms with E-state index in [9.17, 15) is 4.79 Å². The highest BCUT2D eigenvalue weighted by Gasteiger charge is 2.26. The third kappa shape index (κ3) is 4.96. The largest absolute Gasteiger partial charge is 0.342 e. The van der Waals surface area contributed by atoms with Gasteiger partial charge < -0.3 is 10.2 Å². The zero-order valence-corrected chi connectivity index (χ0v) is 14.1. The summed E-state index contributed by atoms with van der Waals surface area (Å²) in [6.45, 7) is 5.11. The van der Waals surface area contributed by atoms with E-state index in [1.54, 1.807) is 0 Å². The van der Waals surface area contributed by atoms with Crippen molar-refractivity contribution in [1.82, 2.24) is 15.1 Å². The molecule has 0 bridgehead atoms. The van der Waals surface area contributed by atoms with Crippen molar-refractivity contribution >= 4 is 5.91 Å². The molecule has 1 unspecified atom stereocenters. The molecule has 1 amide bonds. The van der Waals surface area contributed by atoms with Crippen molar-refractivity contribution in [3.05, 3.63) is 0 Å². The summed E-state index contributed by atoms with van der Waals surface area (Å²) < 4.78 is 0. The smallest absolute Gasteiger partial charge is 0.236 e. The SMILES string of the molecule is CC1CCC(N(C)C(=O)CN(C)C2CCCNCC2)CC1. The number of rotatable bonds is 4. The Labute approximate surface area is 130 Å². The molecule has 4 heteroatoms. The fraction of sp³-hybridized carbons (Fsp3) is 0.941. The van der Waals surface area contributed by atoms with Crippen LogP contribution in [0.4, 0.5) is 0 Å². The Morgan fingerprint density at radius 2 is 1.71 bits per heavy atom. The summed E-state index contributed by atoms with van der Waals surface area (Å²) in [6.07, 6.45) is 8.50. The zero-order valence-electron chi connectivity index (χ0n) is 14.1. The third-order valence-corrected chi connectivity index (χ3v) is 5.48. The number of nitrogens with one attached hydrogen (secondary N) is 1. The summed E-state index contributed by atoms with van der Waals surface area (Å²) in [6, 6.07) is 1.03. The van der Waals surface area contributed by atoms with Gasteiger partial charge >= 0.3 is 0 Å². The third-order valence-electron chi connectivity index (χ3n) is 5.48. The highest BCUT2D eigenvalue weighted by Crippen LogP contribution is 2.26. The van der Waals surface area contributed by atoms with Gasteiger partial charge in [0.25, 0.3) is 0 Å². The Bertz CT molecular complexity index is 318. The second-order valence-corrected chi connectivity index (χ2v) is 7.17. The van der Waals surface area contributed by atoms with E-state index < -0.39 is 0 Å². The molecule has 1 heterocycles. The van der Waals surface area contributed by atoms with Crippen molar-refractivity contribution in [1.29, 1.82) is 0 Å². The first-order chi connectivity index (χ1) is 10.1. The molecule has 1 saturated carbocycles. The predicted molar refractivity (Wildman–Crippen MR) is 87.3 cm³/mol. The monoisotopic (exact) mass is 295 g/mol. The average molecular weight is 295 g/mol. The van der Waals surface area contributed by atoms with Crippen LogP contribution in [0.2, 0.25) is 0 Å². The number of hydrogen-bond acceptors (Lipinski definition) is 3. The molecule has 4 nitrogen and oxygen atoms in total. The molecule has 0 aromatic heterocycles. The zero-order chi connectivity index (χ0) is 15.2. The summed E-state index contributed by atoms with van der Waals surface area (Å²) in [5.41, 5.74) is 0. The second-order valence-electron chi connectivity index (χ2n) is 7.17. The van der Waals surface area contributed by atoms with Crippen molar-refractivity contribution in [2.45, 2.75) is 64.0 Å². The molecule has 1 saturated heterocycles. The minimum absolute atomic E-state index is 0.300. The summed E-state index contributed by atoms with van der Waals surface area (Å²) in [4.78, 5) is 16.8. The van der Waals surface area contributed by atoms with Gasteiger partial charge in [0.05, 0.1) is 6.54 Å². The van der Waals surface area contributed by atoms with Gasteiger partial charge in [0.15, 0.2) is 0 Å². The van der Waals surface area contributed by atoms with E-state index in [1.807, 2.05) is 11.9 Å². The number of likely N-dealkylation sites (N-methyl/N-ethyl adjacent to an activating group) is 2. The first-order valence-electron chi connectivity index (χ1n) is 8.74. The van der Waals surface area contributed by atoms with Crippen molar-refractivity contribution < 1.29 is 4.79 Å². The fourth-order valence-electron chi connectivity index (χ4n) is 3.73. The minimum Gasteiger partial charge on any atom is -0.342 e. The van der Waals surface area contributed by atoms with Crippen LogP contribution in [0.5, 0.6) is 0 Å². The normalized spacial score (nSPS) is 31.0. The first kappa shape index (κ1) is 16.8. The Morgan fingerprint density at radius 1 is 1.00 bits per heavy atom. The molecule has 21 heavy (non-hydrogen) atoms. The molecule has 0 aromatic carbocycles. The molecular formula is C17H33N3O. The van der Waals surface area contributed by atoms with Gasteiger partial charge in [-0.2, -0.15) is 0 Å². The van der Waals surface area contributed by atoms with Crippen LogP contribution >= 0.6 is 0 Å². The van der Waals surface area contributed by atoms with Gasteiger partial charge in [-0.05, 0) is 71.0 Å². The van der Waals surface area contributed by atoms with E-state index in [0.717, 1.165) is 25.4 Å². The van der Waals surface area contributed by atoms with Gasteiger partial charge in [-0.3, -0.25) is 9.69 Å². The molecule has 2 aliphatic rings. The summed E-state index contributed by atoms with van der Waals surface area (Å²) in [7, 11) is 4.12. The lowest BCUT2D eigenvalue weighted by Crippen LogP contribution is -2.46. The number of hydrogen-bond donors (Lipinski definition) is 1.